The van der Waals surface area contributed by atoms with Crippen molar-refractivity contribution in [1.82, 2.24) is 0 Å². The first kappa shape index (κ1) is 23.9. The standard InChI is InChI=1S/C12H15NO5.C7H8O2.CH4O/c1-16-9-4-7(13-6-8(14)12(13)15)5-10(17-2)11(9)18-3;1-9-7-5-3-2-4-6(7)8;1-2/h4-5,8,14H,6H2,1-3H3;2-5,8H,1H3;2H,1H3. The third-order valence-corrected chi connectivity index (χ3v) is 3.95. The quantitative estimate of drug-likeness (QED) is 0.635. The number of methoxy groups -OCH3 is 4. The van der Waals surface area contributed by atoms with Crippen LogP contribution in [0.5, 0.6) is 28.7 Å². The molecule has 0 aromatic heterocycles. The number of anilines is 1. The molecule has 2 aromatic carbocycles. The first-order valence-corrected chi connectivity index (χ1v) is 8.53. The number of phenolic OH excluding ortho intramolecular Hbond substituents is 1. The molecule has 3 N–H and O–H groups in total. The Hall–Kier alpha value is -3.17. The topological polar surface area (TPSA) is 118 Å². The monoisotopic (exact) mass is 409 g/mol. The lowest BCUT2D eigenvalue weighted by atomic mass is 10.1. The summed E-state index contributed by atoms with van der Waals surface area (Å²) in [6.07, 6.45) is -0.913. The molecular weight excluding hydrogens is 382 g/mol. The average molecular weight is 409 g/mol. The van der Waals surface area contributed by atoms with E-state index >= 15 is 0 Å². The van der Waals surface area contributed by atoms with E-state index in [-0.39, 0.29) is 18.2 Å². The number of β-lactam (4-membered cyclic amide) rings is 1. The zero-order valence-electron chi connectivity index (χ0n) is 17.1. The van der Waals surface area contributed by atoms with Gasteiger partial charge in [-0.05, 0) is 12.1 Å². The Labute approximate surface area is 169 Å². The van der Waals surface area contributed by atoms with Gasteiger partial charge < -0.3 is 39.2 Å². The van der Waals surface area contributed by atoms with Gasteiger partial charge in [-0.2, -0.15) is 0 Å². The van der Waals surface area contributed by atoms with Gasteiger partial charge in [0.05, 0.1) is 40.7 Å². The van der Waals surface area contributed by atoms with E-state index in [1.807, 2.05) is 0 Å². The molecule has 29 heavy (non-hydrogen) atoms. The van der Waals surface area contributed by atoms with Crippen LogP contribution in [0.4, 0.5) is 5.69 Å². The molecule has 3 rings (SSSR count). The van der Waals surface area contributed by atoms with E-state index in [1.54, 1.807) is 36.4 Å². The summed E-state index contributed by atoms with van der Waals surface area (Å²) in [6.45, 7) is 0.275. The fourth-order valence-electron chi connectivity index (χ4n) is 2.49. The number of hydrogen-bond acceptors (Lipinski definition) is 8. The number of carbonyl (C=O) groups excluding carboxylic acids is 1. The maximum Gasteiger partial charge on any atom is 0.257 e. The molecular formula is C20H27NO8. The maximum atomic E-state index is 11.5. The highest BCUT2D eigenvalue weighted by atomic mass is 16.5. The number of β-amino-alcohol motifs (C(OH)–C–C–N with tert-alkyl or cyclic N) is 1. The van der Waals surface area contributed by atoms with Gasteiger partial charge in [0.2, 0.25) is 5.75 Å². The zero-order valence-corrected chi connectivity index (χ0v) is 17.1. The molecule has 1 heterocycles. The molecule has 1 aliphatic rings. The Morgan fingerprint density at radius 3 is 1.76 bits per heavy atom. The molecule has 1 aliphatic heterocycles. The van der Waals surface area contributed by atoms with Crippen LogP contribution in [0.2, 0.25) is 0 Å². The van der Waals surface area contributed by atoms with E-state index in [0.29, 0.717) is 28.7 Å². The average Bonchev–Trinajstić information content (AvgIpc) is 2.78. The van der Waals surface area contributed by atoms with E-state index < -0.39 is 6.10 Å². The molecule has 1 unspecified atom stereocenters. The first-order chi connectivity index (χ1) is 14.0. The van der Waals surface area contributed by atoms with E-state index in [1.165, 1.54) is 33.3 Å². The third kappa shape index (κ3) is 5.66. The maximum absolute atomic E-state index is 11.5. The van der Waals surface area contributed by atoms with E-state index in [2.05, 4.69) is 0 Å². The number of phenols is 1. The molecule has 0 bridgehead atoms. The van der Waals surface area contributed by atoms with Crippen LogP contribution in [0.15, 0.2) is 36.4 Å². The van der Waals surface area contributed by atoms with Gasteiger partial charge in [-0.25, -0.2) is 0 Å². The number of rotatable bonds is 5. The second-order valence-electron chi connectivity index (χ2n) is 5.52. The van der Waals surface area contributed by atoms with Crippen LogP contribution in [-0.2, 0) is 4.79 Å². The zero-order chi connectivity index (χ0) is 22.0. The van der Waals surface area contributed by atoms with Gasteiger partial charge in [0.25, 0.3) is 5.91 Å². The van der Waals surface area contributed by atoms with Crippen LogP contribution in [0.3, 0.4) is 0 Å². The molecule has 1 amide bonds. The number of amides is 1. The molecule has 160 valence electrons. The lowest BCUT2D eigenvalue weighted by Crippen LogP contribution is -2.56. The summed E-state index contributed by atoms with van der Waals surface area (Å²) < 4.78 is 20.4. The molecule has 9 nitrogen and oxygen atoms in total. The van der Waals surface area contributed by atoms with Crippen molar-refractivity contribution in [1.29, 1.82) is 0 Å². The van der Waals surface area contributed by atoms with Crippen molar-refractivity contribution in [3.05, 3.63) is 36.4 Å². The predicted molar refractivity (Wildman–Crippen MR) is 107 cm³/mol. The van der Waals surface area contributed by atoms with Crippen LogP contribution in [-0.4, -0.2) is 69.4 Å². The summed E-state index contributed by atoms with van der Waals surface area (Å²) in [5.41, 5.74) is 0.611. The predicted octanol–water partition coefficient (Wildman–Crippen LogP) is 1.43. The normalized spacial score (nSPS) is 14.4. The second kappa shape index (κ2) is 11.6. The number of carbonyl (C=O) groups is 1. The number of aliphatic hydroxyl groups is 2. The van der Waals surface area contributed by atoms with Crippen molar-refractivity contribution in [2.24, 2.45) is 0 Å². The molecule has 0 saturated carbocycles. The van der Waals surface area contributed by atoms with Gasteiger partial charge in [0, 0.05) is 19.2 Å². The Balaban J connectivity index is 0.000000321. The Morgan fingerprint density at radius 2 is 1.41 bits per heavy atom. The van der Waals surface area contributed by atoms with E-state index in [9.17, 15) is 9.90 Å². The molecule has 2 aromatic rings. The van der Waals surface area contributed by atoms with E-state index in [4.69, 9.17) is 29.2 Å². The van der Waals surface area contributed by atoms with Crippen molar-refractivity contribution in [2.75, 3.05) is 47.0 Å². The molecule has 0 radical (unpaired) electrons. The largest absolute Gasteiger partial charge is 0.504 e. The van der Waals surface area contributed by atoms with Crippen molar-refractivity contribution in [3.8, 4) is 28.7 Å². The van der Waals surface area contributed by atoms with Gasteiger partial charge in [0.1, 0.15) is 0 Å². The minimum Gasteiger partial charge on any atom is -0.504 e. The Bertz CT molecular complexity index is 771. The van der Waals surface area contributed by atoms with Crippen LogP contribution in [0, 0.1) is 0 Å². The summed E-state index contributed by atoms with van der Waals surface area (Å²) in [4.78, 5) is 12.9. The minimum absolute atomic E-state index is 0.181. The van der Waals surface area contributed by atoms with Crippen molar-refractivity contribution >= 4 is 11.6 Å². The lowest BCUT2D eigenvalue weighted by molar-refractivity contribution is -0.132. The van der Waals surface area contributed by atoms with Crippen LogP contribution < -0.4 is 23.8 Å². The van der Waals surface area contributed by atoms with Gasteiger partial charge in [-0.1, -0.05) is 12.1 Å². The summed E-state index contributed by atoms with van der Waals surface area (Å²) in [7, 11) is 7.05. The van der Waals surface area contributed by atoms with Crippen LogP contribution in [0.1, 0.15) is 0 Å². The molecule has 0 aliphatic carbocycles. The van der Waals surface area contributed by atoms with Crippen LogP contribution in [0.25, 0.3) is 0 Å². The number of para-hydroxylation sites is 2. The lowest BCUT2D eigenvalue weighted by Gasteiger charge is -2.35. The summed E-state index contributed by atoms with van der Waals surface area (Å²) in [5, 5.41) is 25.2. The smallest absolute Gasteiger partial charge is 0.257 e. The summed E-state index contributed by atoms with van der Waals surface area (Å²) in [5.74, 6) is 1.78. The number of aromatic hydroxyl groups is 1. The van der Waals surface area contributed by atoms with Crippen molar-refractivity contribution in [2.45, 2.75) is 6.10 Å². The third-order valence-electron chi connectivity index (χ3n) is 3.95. The number of ether oxygens (including phenoxy) is 4. The van der Waals surface area contributed by atoms with E-state index in [0.717, 1.165) is 7.11 Å². The fraction of sp³-hybridized carbons (Fsp3) is 0.350. The first-order valence-electron chi connectivity index (χ1n) is 8.53. The van der Waals surface area contributed by atoms with Gasteiger partial charge in [-0.3, -0.25) is 4.79 Å². The number of hydrogen-bond donors (Lipinski definition) is 3. The number of benzene rings is 2. The highest BCUT2D eigenvalue weighted by Crippen LogP contribution is 2.41. The highest BCUT2D eigenvalue weighted by Gasteiger charge is 2.36. The summed E-state index contributed by atoms with van der Waals surface area (Å²) in [6, 6.07) is 10.2. The van der Waals surface area contributed by atoms with Crippen LogP contribution >= 0.6 is 0 Å². The Morgan fingerprint density at radius 1 is 0.897 bits per heavy atom. The van der Waals surface area contributed by atoms with Crippen molar-refractivity contribution < 1.29 is 39.1 Å². The molecule has 1 saturated heterocycles. The Kier molecular flexibility index (Phi) is 9.57. The fourth-order valence-corrected chi connectivity index (χ4v) is 2.49. The number of aliphatic hydroxyl groups excluding tert-OH is 2. The van der Waals surface area contributed by atoms with Gasteiger partial charge in [0.15, 0.2) is 29.1 Å². The molecule has 1 atom stereocenters. The molecule has 9 heteroatoms. The van der Waals surface area contributed by atoms with Gasteiger partial charge in [-0.15, -0.1) is 0 Å². The number of nitrogens with zero attached hydrogens (tertiary/aromatic N) is 1. The SMILES string of the molecule is CO.COc1cc(N2CC(O)C2=O)cc(OC)c1OC.COc1ccccc1O. The second-order valence-corrected chi connectivity index (χ2v) is 5.52. The minimum atomic E-state index is -0.913. The van der Waals surface area contributed by atoms with Gasteiger partial charge >= 0.3 is 0 Å². The highest BCUT2D eigenvalue weighted by molar-refractivity contribution is 6.03. The summed E-state index contributed by atoms with van der Waals surface area (Å²) >= 11 is 0. The van der Waals surface area contributed by atoms with Crippen molar-refractivity contribution in [3.63, 3.8) is 0 Å². The molecule has 0 spiro atoms. The molecule has 1 fully saturated rings.